The summed E-state index contributed by atoms with van der Waals surface area (Å²) in [6, 6.07) is 17.7. The van der Waals surface area contributed by atoms with Gasteiger partial charge in [0.1, 0.15) is 0 Å². The zero-order chi connectivity index (χ0) is 16.6. The molecule has 0 aliphatic heterocycles. The fourth-order valence-electron chi connectivity index (χ4n) is 2.75. The van der Waals surface area contributed by atoms with Gasteiger partial charge in [-0.15, -0.1) is 0 Å². The van der Waals surface area contributed by atoms with Gasteiger partial charge in [-0.05, 0) is 30.5 Å². The van der Waals surface area contributed by atoms with Gasteiger partial charge in [-0.3, -0.25) is 10.1 Å². The minimum atomic E-state index is -0.428. The van der Waals surface area contributed by atoms with Crippen molar-refractivity contribution in [3.8, 4) is 11.4 Å². The molecule has 1 fully saturated rings. The van der Waals surface area contributed by atoms with E-state index in [1.165, 1.54) is 11.5 Å². The largest absolute Gasteiger partial charge is 0.300 e. The molecule has 6 heteroatoms. The number of rotatable bonds is 4. The second-order valence-corrected chi connectivity index (χ2v) is 7.50. The summed E-state index contributed by atoms with van der Waals surface area (Å²) >= 11 is 4.69. The summed E-state index contributed by atoms with van der Waals surface area (Å²) < 4.78 is 5.32. The first kappa shape index (κ1) is 15.5. The van der Waals surface area contributed by atoms with Crippen LogP contribution in [0.3, 0.4) is 0 Å². The van der Waals surface area contributed by atoms with Crippen LogP contribution >= 0.6 is 27.5 Å². The molecule has 3 aromatic rings. The van der Waals surface area contributed by atoms with Crippen LogP contribution in [-0.4, -0.2) is 15.3 Å². The number of benzene rings is 2. The van der Waals surface area contributed by atoms with Gasteiger partial charge in [0.25, 0.3) is 0 Å². The van der Waals surface area contributed by atoms with Crippen molar-refractivity contribution >= 4 is 38.5 Å². The van der Waals surface area contributed by atoms with E-state index in [1.807, 2.05) is 54.6 Å². The van der Waals surface area contributed by atoms with E-state index in [2.05, 4.69) is 30.6 Å². The fourth-order valence-corrected chi connectivity index (χ4v) is 3.74. The highest BCUT2D eigenvalue weighted by atomic mass is 79.9. The number of carbonyl (C=O) groups is 1. The van der Waals surface area contributed by atoms with E-state index < -0.39 is 5.41 Å². The van der Waals surface area contributed by atoms with Crippen LogP contribution in [0.15, 0.2) is 59.1 Å². The van der Waals surface area contributed by atoms with Gasteiger partial charge in [0, 0.05) is 21.6 Å². The third-order valence-electron chi connectivity index (χ3n) is 4.24. The quantitative estimate of drug-likeness (QED) is 0.694. The van der Waals surface area contributed by atoms with E-state index in [4.69, 9.17) is 0 Å². The zero-order valence-corrected chi connectivity index (χ0v) is 15.1. The van der Waals surface area contributed by atoms with Gasteiger partial charge in [0.15, 0.2) is 5.82 Å². The number of amides is 1. The Bertz CT molecular complexity index is 890. The van der Waals surface area contributed by atoms with Crippen LogP contribution in [0, 0.1) is 0 Å². The molecule has 24 heavy (non-hydrogen) atoms. The number of hydrogen-bond donors (Lipinski definition) is 1. The van der Waals surface area contributed by atoms with E-state index in [-0.39, 0.29) is 5.91 Å². The number of aromatic nitrogens is 2. The highest BCUT2D eigenvalue weighted by Crippen LogP contribution is 2.49. The van der Waals surface area contributed by atoms with Crippen LogP contribution in [-0.2, 0) is 10.2 Å². The summed E-state index contributed by atoms with van der Waals surface area (Å²) in [5, 5.41) is 3.49. The first-order chi connectivity index (χ1) is 11.7. The van der Waals surface area contributed by atoms with Crippen molar-refractivity contribution in [2.24, 2.45) is 0 Å². The van der Waals surface area contributed by atoms with E-state index in [0.29, 0.717) is 11.0 Å². The average Bonchev–Trinajstić information content (AvgIpc) is 3.30. The summed E-state index contributed by atoms with van der Waals surface area (Å²) in [7, 11) is 0. The molecule has 0 atom stereocenters. The molecule has 2 aromatic carbocycles. The maximum atomic E-state index is 12.8. The van der Waals surface area contributed by atoms with Crippen LogP contribution < -0.4 is 5.32 Å². The average molecular weight is 400 g/mol. The number of carbonyl (C=O) groups excluding carboxylic acids is 1. The summed E-state index contributed by atoms with van der Waals surface area (Å²) in [6.45, 7) is 0. The van der Waals surface area contributed by atoms with Crippen LogP contribution in [0.25, 0.3) is 11.4 Å². The van der Waals surface area contributed by atoms with E-state index >= 15 is 0 Å². The molecular formula is C18H14BrN3OS. The molecule has 1 aliphatic carbocycles. The Balaban J connectivity index is 1.54. The Morgan fingerprint density at radius 1 is 1.12 bits per heavy atom. The van der Waals surface area contributed by atoms with Crippen molar-refractivity contribution in [3.05, 3.63) is 64.6 Å². The number of anilines is 1. The second-order valence-electron chi connectivity index (χ2n) is 5.84. The zero-order valence-electron chi connectivity index (χ0n) is 12.7. The van der Waals surface area contributed by atoms with E-state index in [1.54, 1.807) is 0 Å². The molecule has 1 amide bonds. The predicted octanol–water partition coefficient (Wildman–Crippen LogP) is 4.64. The molecule has 0 radical (unpaired) electrons. The first-order valence-corrected chi connectivity index (χ1v) is 9.21. The van der Waals surface area contributed by atoms with Crippen LogP contribution in [0.2, 0.25) is 0 Å². The van der Waals surface area contributed by atoms with Gasteiger partial charge in [-0.2, -0.15) is 9.36 Å². The van der Waals surface area contributed by atoms with Gasteiger partial charge < -0.3 is 0 Å². The predicted molar refractivity (Wildman–Crippen MR) is 99.0 cm³/mol. The Labute approximate surface area is 152 Å². The molecule has 1 saturated carbocycles. The van der Waals surface area contributed by atoms with Crippen molar-refractivity contribution < 1.29 is 4.79 Å². The third kappa shape index (κ3) is 2.87. The molecule has 0 saturated heterocycles. The smallest absolute Gasteiger partial charge is 0.236 e. The minimum absolute atomic E-state index is 0.00337. The SMILES string of the molecule is O=C(Nc1nc(-c2ccccc2)ns1)C1(c2cccc(Br)c2)CC1. The van der Waals surface area contributed by atoms with E-state index in [9.17, 15) is 4.79 Å². The molecular weight excluding hydrogens is 386 g/mol. The van der Waals surface area contributed by atoms with Crippen LogP contribution in [0.1, 0.15) is 18.4 Å². The van der Waals surface area contributed by atoms with Crippen LogP contribution in [0.5, 0.6) is 0 Å². The van der Waals surface area contributed by atoms with Gasteiger partial charge in [0.2, 0.25) is 11.0 Å². The third-order valence-corrected chi connectivity index (χ3v) is 5.36. The molecule has 1 heterocycles. The summed E-state index contributed by atoms with van der Waals surface area (Å²) in [5.41, 5.74) is 1.56. The molecule has 0 unspecified atom stereocenters. The molecule has 1 aromatic heterocycles. The van der Waals surface area contributed by atoms with E-state index in [0.717, 1.165) is 28.4 Å². The van der Waals surface area contributed by atoms with Crippen molar-refractivity contribution in [1.29, 1.82) is 0 Å². The molecule has 1 N–H and O–H groups in total. The lowest BCUT2D eigenvalue weighted by Crippen LogP contribution is -2.27. The monoisotopic (exact) mass is 399 g/mol. The molecule has 120 valence electrons. The molecule has 4 nitrogen and oxygen atoms in total. The summed E-state index contributed by atoms with van der Waals surface area (Å²) in [4.78, 5) is 17.2. The van der Waals surface area contributed by atoms with Crippen molar-refractivity contribution in [2.75, 3.05) is 5.32 Å². The molecule has 4 rings (SSSR count). The highest BCUT2D eigenvalue weighted by Gasteiger charge is 2.51. The molecule has 0 bridgehead atoms. The normalized spacial score (nSPS) is 15.0. The standard InChI is InChI=1S/C18H14BrN3OS/c19-14-8-4-7-13(11-14)18(9-10-18)16(23)21-17-20-15(22-24-17)12-5-2-1-3-6-12/h1-8,11H,9-10H2,(H,20,21,22,23). The Morgan fingerprint density at radius 2 is 1.92 bits per heavy atom. The maximum absolute atomic E-state index is 12.8. The van der Waals surface area contributed by atoms with Gasteiger partial charge in [0.05, 0.1) is 5.41 Å². The topological polar surface area (TPSA) is 54.9 Å². The van der Waals surface area contributed by atoms with Crippen molar-refractivity contribution in [3.63, 3.8) is 0 Å². The Kier molecular flexibility index (Phi) is 3.94. The summed E-state index contributed by atoms with van der Waals surface area (Å²) in [5.74, 6) is 0.638. The number of nitrogens with zero attached hydrogens (tertiary/aromatic N) is 2. The second kappa shape index (κ2) is 6.11. The first-order valence-electron chi connectivity index (χ1n) is 7.64. The minimum Gasteiger partial charge on any atom is -0.300 e. The maximum Gasteiger partial charge on any atom is 0.236 e. The lowest BCUT2D eigenvalue weighted by Gasteiger charge is -2.14. The number of hydrogen-bond acceptors (Lipinski definition) is 4. The molecule has 0 spiro atoms. The fraction of sp³-hybridized carbons (Fsp3) is 0.167. The van der Waals surface area contributed by atoms with Crippen LogP contribution in [0.4, 0.5) is 5.13 Å². The highest BCUT2D eigenvalue weighted by molar-refractivity contribution is 9.10. The van der Waals surface area contributed by atoms with Crippen molar-refractivity contribution in [2.45, 2.75) is 18.3 Å². The lowest BCUT2D eigenvalue weighted by atomic mass is 9.95. The van der Waals surface area contributed by atoms with Gasteiger partial charge in [-0.25, -0.2) is 0 Å². The van der Waals surface area contributed by atoms with Gasteiger partial charge >= 0.3 is 0 Å². The van der Waals surface area contributed by atoms with Crippen molar-refractivity contribution in [1.82, 2.24) is 9.36 Å². The number of nitrogens with one attached hydrogen (secondary N) is 1. The van der Waals surface area contributed by atoms with Gasteiger partial charge in [-0.1, -0.05) is 58.4 Å². The Hall–Kier alpha value is -2.05. The Morgan fingerprint density at radius 3 is 2.62 bits per heavy atom. The summed E-state index contributed by atoms with van der Waals surface area (Å²) in [6.07, 6.45) is 1.72. The molecule has 1 aliphatic rings. The lowest BCUT2D eigenvalue weighted by molar-refractivity contribution is -0.118. The number of halogens is 1.